The molecule has 0 N–H and O–H groups in total. The van der Waals surface area contributed by atoms with Crippen LogP contribution in [-0.4, -0.2) is 9.55 Å². The first-order valence-electron chi connectivity index (χ1n) is 6.98. The Bertz CT molecular complexity index is 585. The van der Waals surface area contributed by atoms with E-state index in [9.17, 15) is 0 Å². The lowest BCUT2D eigenvalue weighted by molar-refractivity contribution is 0.352. The van der Waals surface area contributed by atoms with Crippen molar-refractivity contribution >= 4 is 38.6 Å². The molecule has 0 bridgehead atoms. The zero-order chi connectivity index (χ0) is 13.4. The van der Waals surface area contributed by atoms with Crippen LogP contribution in [0.15, 0.2) is 22.7 Å². The van der Waals surface area contributed by atoms with E-state index in [2.05, 4.69) is 38.7 Å². The van der Waals surface area contributed by atoms with Gasteiger partial charge in [-0.25, -0.2) is 4.98 Å². The molecule has 2 aromatic rings. The second-order valence-electron chi connectivity index (χ2n) is 5.38. The quantitative estimate of drug-likeness (QED) is 0.650. The minimum absolute atomic E-state index is 0.0481. The van der Waals surface area contributed by atoms with Gasteiger partial charge in [-0.3, -0.25) is 0 Å². The second kappa shape index (κ2) is 5.45. The Kier molecular flexibility index (Phi) is 3.86. The van der Waals surface area contributed by atoms with Crippen molar-refractivity contribution in [2.24, 2.45) is 0 Å². The minimum atomic E-state index is -0.0481. The zero-order valence-electron chi connectivity index (χ0n) is 11.1. The number of hydrogen-bond donors (Lipinski definition) is 0. The van der Waals surface area contributed by atoms with E-state index >= 15 is 0 Å². The van der Waals surface area contributed by atoms with Crippen LogP contribution in [0.5, 0.6) is 0 Å². The highest BCUT2D eigenvalue weighted by molar-refractivity contribution is 9.10. The van der Waals surface area contributed by atoms with E-state index in [1.807, 2.05) is 6.92 Å². The molecule has 19 heavy (non-hydrogen) atoms. The number of benzene rings is 1. The summed E-state index contributed by atoms with van der Waals surface area (Å²) in [4.78, 5) is 4.75. The van der Waals surface area contributed by atoms with Crippen LogP contribution in [0.4, 0.5) is 0 Å². The van der Waals surface area contributed by atoms with Gasteiger partial charge >= 0.3 is 0 Å². The molecule has 1 fully saturated rings. The maximum Gasteiger partial charge on any atom is 0.127 e. The van der Waals surface area contributed by atoms with Gasteiger partial charge in [0, 0.05) is 10.5 Å². The molecular formula is C15H18BrClN2. The van der Waals surface area contributed by atoms with Crippen LogP contribution in [0.1, 0.15) is 56.3 Å². The lowest BCUT2D eigenvalue weighted by Gasteiger charge is -2.26. The normalized spacial score (nSPS) is 18.9. The minimum Gasteiger partial charge on any atom is -0.324 e. The number of imidazole rings is 1. The molecule has 0 spiro atoms. The summed E-state index contributed by atoms with van der Waals surface area (Å²) in [7, 11) is 0. The predicted octanol–water partition coefficient (Wildman–Crippen LogP) is 5.60. The SMILES string of the molecule is CC(Cl)c1nc2cc(Br)ccc2n1C1CCCCC1. The number of alkyl halides is 1. The Morgan fingerprint density at radius 2 is 2.05 bits per heavy atom. The molecule has 1 aromatic heterocycles. The van der Waals surface area contributed by atoms with E-state index in [-0.39, 0.29) is 5.38 Å². The summed E-state index contributed by atoms with van der Waals surface area (Å²) < 4.78 is 3.46. The Morgan fingerprint density at radius 3 is 2.74 bits per heavy atom. The Balaban J connectivity index is 2.15. The molecule has 3 rings (SSSR count). The molecule has 0 radical (unpaired) electrons. The zero-order valence-corrected chi connectivity index (χ0v) is 13.4. The highest BCUT2D eigenvalue weighted by Gasteiger charge is 2.23. The van der Waals surface area contributed by atoms with Crippen molar-refractivity contribution in [3.05, 3.63) is 28.5 Å². The number of halogens is 2. The molecule has 2 nitrogen and oxygen atoms in total. The van der Waals surface area contributed by atoms with Gasteiger partial charge in [-0.05, 0) is 38.0 Å². The summed E-state index contributed by atoms with van der Waals surface area (Å²) in [6, 6.07) is 6.89. The van der Waals surface area contributed by atoms with E-state index in [4.69, 9.17) is 16.6 Å². The van der Waals surface area contributed by atoms with Crippen LogP contribution < -0.4 is 0 Å². The van der Waals surface area contributed by atoms with E-state index < -0.39 is 0 Å². The fourth-order valence-electron chi connectivity index (χ4n) is 3.09. The molecule has 1 saturated carbocycles. The van der Waals surface area contributed by atoms with E-state index in [0.717, 1.165) is 15.8 Å². The van der Waals surface area contributed by atoms with Crippen molar-refractivity contribution in [1.82, 2.24) is 9.55 Å². The van der Waals surface area contributed by atoms with Crippen LogP contribution in [0.3, 0.4) is 0 Å². The molecule has 1 aromatic carbocycles. The molecule has 1 heterocycles. The van der Waals surface area contributed by atoms with Gasteiger partial charge in [0.1, 0.15) is 5.82 Å². The van der Waals surface area contributed by atoms with Crippen LogP contribution in [-0.2, 0) is 0 Å². The molecule has 1 aliphatic carbocycles. The van der Waals surface area contributed by atoms with Gasteiger partial charge in [0.2, 0.25) is 0 Å². The van der Waals surface area contributed by atoms with Crippen molar-refractivity contribution in [3.8, 4) is 0 Å². The average Bonchev–Trinajstić information content (AvgIpc) is 2.78. The predicted molar refractivity (Wildman–Crippen MR) is 83.8 cm³/mol. The number of nitrogens with zero attached hydrogens (tertiary/aromatic N) is 2. The Hall–Kier alpha value is -0.540. The van der Waals surface area contributed by atoms with E-state index in [1.54, 1.807) is 0 Å². The Labute approximate surface area is 127 Å². The third-order valence-corrected chi connectivity index (χ3v) is 4.66. The Morgan fingerprint density at radius 1 is 1.32 bits per heavy atom. The van der Waals surface area contributed by atoms with Crippen molar-refractivity contribution in [3.63, 3.8) is 0 Å². The number of aromatic nitrogens is 2. The van der Waals surface area contributed by atoms with Gasteiger partial charge in [-0.1, -0.05) is 35.2 Å². The smallest absolute Gasteiger partial charge is 0.127 e. The summed E-state index contributed by atoms with van der Waals surface area (Å²) in [5, 5.41) is -0.0481. The van der Waals surface area contributed by atoms with Crippen LogP contribution >= 0.6 is 27.5 Å². The van der Waals surface area contributed by atoms with E-state index in [0.29, 0.717) is 6.04 Å². The summed E-state index contributed by atoms with van der Waals surface area (Å²) in [5.41, 5.74) is 2.26. The largest absolute Gasteiger partial charge is 0.324 e. The molecular weight excluding hydrogens is 324 g/mol. The highest BCUT2D eigenvalue weighted by Crippen LogP contribution is 2.35. The molecule has 1 unspecified atom stereocenters. The first-order chi connectivity index (χ1) is 9.16. The number of rotatable bonds is 2. The lowest BCUT2D eigenvalue weighted by atomic mass is 9.95. The van der Waals surface area contributed by atoms with Crippen molar-refractivity contribution in [2.45, 2.75) is 50.4 Å². The number of fused-ring (bicyclic) bond motifs is 1. The third kappa shape index (κ3) is 2.55. The first-order valence-corrected chi connectivity index (χ1v) is 8.21. The molecule has 4 heteroatoms. The van der Waals surface area contributed by atoms with Gasteiger partial charge in [0.15, 0.2) is 0 Å². The summed E-state index contributed by atoms with van der Waals surface area (Å²) >= 11 is 9.86. The van der Waals surface area contributed by atoms with Crippen LogP contribution in [0, 0.1) is 0 Å². The van der Waals surface area contributed by atoms with Gasteiger partial charge in [-0.15, -0.1) is 11.6 Å². The van der Waals surface area contributed by atoms with Crippen LogP contribution in [0.2, 0.25) is 0 Å². The standard InChI is InChI=1S/C15H18BrClN2/c1-10(17)15-18-13-9-11(16)7-8-14(13)19(15)12-5-3-2-4-6-12/h7-10,12H,2-6H2,1H3. The van der Waals surface area contributed by atoms with E-state index in [1.165, 1.54) is 37.6 Å². The first kappa shape index (κ1) is 13.4. The second-order valence-corrected chi connectivity index (χ2v) is 6.95. The molecule has 1 atom stereocenters. The summed E-state index contributed by atoms with van der Waals surface area (Å²) in [6.45, 7) is 2.01. The topological polar surface area (TPSA) is 17.8 Å². The maximum atomic E-state index is 6.34. The number of hydrogen-bond acceptors (Lipinski definition) is 1. The fourth-order valence-corrected chi connectivity index (χ4v) is 3.60. The van der Waals surface area contributed by atoms with Crippen molar-refractivity contribution in [1.29, 1.82) is 0 Å². The maximum absolute atomic E-state index is 6.34. The van der Waals surface area contributed by atoms with Gasteiger partial charge in [0.05, 0.1) is 16.4 Å². The average molecular weight is 342 g/mol. The van der Waals surface area contributed by atoms with Crippen LogP contribution in [0.25, 0.3) is 11.0 Å². The van der Waals surface area contributed by atoms with Crippen molar-refractivity contribution in [2.75, 3.05) is 0 Å². The van der Waals surface area contributed by atoms with Gasteiger partial charge in [-0.2, -0.15) is 0 Å². The van der Waals surface area contributed by atoms with Gasteiger partial charge < -0.3 is 4.57 Å². The highest BCUT2D eigenvalue weighted by atomic mass is 79.9. The lowest BCUT2D eigenvalue weighted by Crippen LogP contribution is -2.15. The fraction of sp³-hybridized carbons (Fsp3) is 0.533. The molecule has 102 valence electrons. The van der Waals surface area contributed by atoms with Crippen molar-refractivity contribution < 1.29 is 0 Å². The summed E-state index contributed by atoms with van der Waals surface area (Å²) in [6.07, 6.45) is 6.49. The molecule has 0 aliphatic heterocycles. The third-order valence-electron chi connectivity index (χ3n) is 3.97. The summed E-state index contributed by atoms with van der Waals surface area (Å²) in [5.74, 6) is 1.02. The molecule has 1 aliphatic rings. The monoisotopic (exact) mass is 340 g/mol. The molecule has 0 amide bonds. The molecule has 0 saturated heterocycles. The van der Waals surface area contributed by atoms with Gasteiger partial charge in [0.25, 0.3) is 0 Å².